The average Bonchev–Trinajstić information content (AvgIpc) is 2.82. The van der Waals surface area contributed by atoms with E-state index in [0.717, 1.165) is 59.1 Å². The van der Waals surface area contributed by atoms with Crippen molar-refractivity contribution in [3.05, 3.63) is 83.7 Å². The number of benzene rings is 2. The third kappa shape index (κ3) is 4.44. The quantitative estimate of drug-likeness (QED) is 0.545. The summed E-state index contributed by atoms with van der Waals surface area (Å²) in [6.07, 6.45) is 1.13. The SMILES string of the molecule is CC1=C(c2ccc(O)cn2)C(c2ccc(OCCN3CC(CF)C3)cc2)Oc2ccccc21. The van der Waals surface area contributed by atoms with Crippen molar-refractivity contribution in [2.75, 3.05) is 32.9 Å². The monoisotopic (exact) mass is 446 g/mol. The zero-order valence-corrected chi connectivity index (χ0v) is 18.6. The average molecular weight is 447 g/mol. The minimum Gasteiger partial charge on any atom is -0.506 e. The Labute approximate surface area is 193 Å². The van der Waals surface area contributed by atoms with Crippen LogP contribution >= 0.6 is 0 Å². The molecule has 1 N–H and O–H groups in total. The van der Waals surface area contributed by atoms with Gasteiger partial charge in [0, 0.05) is 36.7 Å². The molecule has 1 saturated heterocycles. The molecule has 1 unspecified atom stereocenters. The molecule has 1 aromatic heterocycles. The molecule has 2 aliphatic rings. The van der Waals surface area contributed by atoms with Gasteiger partial charge in [-0.25, -0.2) is 0 Å². The first kappa shape index (κ1) is 21.5. The molecule has 33 heavy (non-hydrogen) atoms. The molecule has 0 bridgehead atoms. The van der Waals surface area contributed by atoms with Gasteiger partial charge in [-0.1, -0.05) is 30.3 Å². The van der Waals surface area contributed by atoms with Gasteiger partial charge >= 0.3 is 0 Å². The molecule has 0 saturated carbocycles. The van der Waals surface area contributed by atoms with Crippen molar-refractivity contribution in [1.29, 1.82) is 0 Å². The van der Waals surface area contributed by atoms with E-state index in [9.17, 15) is 9.50 Å². The molecular formula is C27H27FN2O3. The van der Waals surface area contributed by atoms with Crippen molar-refractivity contribution in [3.8, 4) is 17.2 Å². The van der Waals surface area contributed by atoms with Gasteiger partial charge in [0.1, 0.15) is 23.9 Å². The van der Waals surface area contributed by atoms with Crippen LogP contribution in [0.4, 0.5) is 4.39 Å². The standard InChI is InChI=1S/C27H27FN2O3/c1-18-23-4-2-3-5-25(23)33-27(26(18)24-11-8-21(31)15-29-24)20-6-9-22(10-7-20)32-13-12-30-16-19(14-28)17-30/h2-11,15,19,27,31H,12-14,16-17H2,1H3. The molecule has 1 atom stereocenters. The fourth-order valence-electron chi connectivity index (χ4n) is 4.50. The first-order valence-corrected chi connectivity index (χ1v) is 11.3. The van der Waals surface area contributed by atoms with Crippen molar-refractivity contribution in [1.82, 2.24) is 9.88 Å². The lowest BCUT2D eigenvalue weighted by atomic mass is 9.88. The number of pyridine rings is 1. The van der Waals surface area contributed by atoms with E-state index in [0.29, 0.717) is 6.61 Å². The Hall–Kier alpha value is -3.38. The Kier molecular flexibility index (Phi) is 6.01. The number of alkyl halides is 1. The van der Waals surface area contributed by atoms with Crippen LogP contribution in [0.15, 0.2) is 66.9 Å². The third-order valence-corrected chi connectivity index (χ3v) is 6.34. The van der Waals surface area contributed by atoms with Crippen LogP contribution in [0, 0.1) is 5.92 Å². The summed E-state index contributed by atoms with van der Waals surface area (Å²) in [5, 5.41) is 9.70. The number of nitrogens with zero attached hydrogens (tertiary/aromatic N) is 2. The summed E-state index contributed by atoms with van der Waals surface area (Å²) in [6.45, 7) is 4.87. The number of halogens is 1. The molecule has 2 aliphatic heterocycles. The minimum atomic E-state index is -0.329. The molecule has 0 aliphatic carbocycles. The van der Waals surface area contributed by atoms with E-state index in [2.05, 4.69) is 16.8 Å². The lowest BCUT2D eigenvalue weighted by Gasteiger charge is -2.37. The van der Waals surface area contributed by atoms with Crippen LogP contribution in [0.1, 0.15) is 29.8 Å². The maximum Gasteiger partial charge on any atom is 0.151 e. The summed E-state index contributed by atoms with van der Waals surface area (Å²) in [5.41, 5.74) is 4.88. The van der Waals surface area contributed by atoms with Crippen LogP contribution in [0.3, 0.4) is 0 Å². The maximum atomic E-state index is 12.6. The molecule has 3 aromatic rings. The topological polar surface area (TPSA) is 54.8 Å². The Morgan fingerprint density at radius 3 is 2.61 bits per heavy atom. The highest BCUT2D eigenvalue weighted by molar-refractivity contribution is 5.94. The molecule has 0 amide bonds. The molecule has 3 heterocycles. The first-order valence-electron chi connectivity index (χ1n) is 11.3. The van der Waals surface area contributed by atoms with Crippen LogP contribution in [-0.4, -0.2) is 47.9 Å². The summed E-state index contributed by atoms with van der Waals surface area (Å²) in [5.74, 6) is 1.95. The van der Waals surface area contributed by atoms with Crippen molar-refractivity contribution < 1.29 is 19.0 Å². The van der Waals surface area contributed by atoms with Gasteiger partial charge in [-0.2, -0.15) is 0 Å². The largest absolute Gasteiger partial charge is 0.506 e. The summed E-state index contributed by atoms with van der Waals surface area (Å²) in [6, 6.07) is 19.4. The molecular weight excluding hydrogens is 419 g/mol. The van der Waals surface area contributed by atoms with Gasteiger partial charge in [0.25, 0.3) is 0 Å². The predicted molar refractivity (Wildman–Crippen MR) is 126 cm³/mol. The molecule has 5 rings (SSSR count). The molecule has 1 fully saturated rings. The highest BCUT2D eigenvalue weighted by Crippen LogP contribution is 2.46. The maximum absolute atomic E-state index is 12.6. The van der Waals surface area contributed by atoms with Gasteiger partial charge < -0.3 is 14.6 Å². The summed E-state index contributed by atoms with van der Waals surface area (Å²) < 4.78 is 24.9. The van der Waals surface area contributed by atoms with E-state index in [1.165, 1.54) is 6.20 Å². The van der Waals surface area contributed by atoms with Crippen molar-refractivity contribution in [3.63, 3.8) is 0 Å². The molecule has 5 nitrogen and oxygen atoms in total. The number of para-hydroxylation sites is 1. The minimum absolute atomic E-state index is 0.130. The van der Waals surface area contributed by atoms with Gasteiger partial charge in [0.15, 0.2) is 6.10 Å². The zero-order chi connectivity index (χ0) is 22.8. The number of ether oxygens (including phenoxy) is 2. The van der Waals surface area contributed by atoms with Gasteiger partial charge in [-0.15, -0.1) is 0 Å². The zero-order valence-electron chi connectivity index (χ0n) is 18.6. The van der Waals surface area contributed by atoms with Crippen LogP contribution in [0.25, 0.3) is 11.1 Å². The van der Waals surface area contributed by atoms with Crippen molar-refractivity contribution >= 4 is 11.1 Å². The molecule has 6 heteroatoms. The van der Waals surface area contributed by atoms with E-state index in [1.807, 2.05) is 54.6 Å². The van der Waals surface area contributed by atoms with Gasteiger partial charge in [0.05, 0.1) is 18.6 Å². The number of hydrogen-bond acceptors (Lipinski definition) is 5. The van der Waals surface area contributed by atoms with E-state index < -0.39 is 0 Å². The van der Waals surface area contributed by atoms with Gasteiger partial charge in [-0.05, 0) is 48.4 Å². The molecule has 170 valence electrons. The van der Waals surface area contributed by atoms with Gasteiger partial charge in [0.2, 0.25) is 0 Å². The number of hydrogen-bond donors (Lipinski definition) is 1. The number of likely N-dealkylation sites (tertiary alicyclic amines) is 1. The lowest BCUT2D eigenvalue weighted by Crippen LogP contribution is -2.49. The number of fused-ring (bicyclic) bond motifs is 1. The van der Waals surface area contributed by atoms with Crippen LogP contribution in [0.5, 0.6) is 17.2 Å². The fourth-order valence-corrected chi connectivity index (χ4v) is 4.50. The Balaban J connectivity index is 1.36. The lowest BCUT2D eigenvalue weighted by molar-refractivity contribution is 0.0668. The Bertz CT molecular complexity index is 1140. The highest BCUT2D eigenvalue weighted by atomic mass is 19.1. The highest BCUT2D eigenvalue weighted by Gasteiger charge is 2.30. The number of aromatic nitrogens is 1. The number of aromatic hydroxyl groups is 1. The second kappa shape index (κ2) is 9.24. The van der Waals surface area contributed by atoms with Crippen LogP contribution < -0.4 is 9.47 Å². The predicted octanol–water partition coefficient (Wildman–Crippen LogP) is 5.13. The fraction of sp³-hybridized carbons (Fsp3) is 0.296. The van der Waals surface area contributed by atoms with Crippen molar-refractivity contribution in [2.45, 2.75) is 13.0 Å². The molecule has 0 spiro atoms. The normalized spacial score (nSPS) is 18.4. The van der Waals surface area contributed by atoms with E-state index in [4.69, 9.17) is 9.47 Å². The Morgan fingerprint density at radius 1 is 1.09 bits per heavy atom. The third-order valence-electron chi connectivity index (χ3n) is 6.34. The second-order valence-corrected chi connectivity index (χ2v) is 8.63. The number of allylic oxidation sites excluding steroid dienone is 1. The Morgan fingerprint density at radius 2 is 1.88 bits per heavy atom. The number of rotatable bonds is 7. The second-order valence-electron chi connectivity index (χ2n) is 8.63. The van der Waals surface area contributed by atoms with Crippen LogP contribution in [0.2, 0.25) is 0 Å². The van der Waals surface area contributed by atoms with E-state index >= 15 is 0 Å². The first-order chi connectivity index (χ1) is 16.1. The summed E-state index contributed by atoms with van der Waals surface area (Å²) in [4.78, 5) is 6.66. The summed E-state index contributed by atoms with van der Waals surface area (Å²) >= 11 is 0. The van der Waals surface area contributed by atoms with Gasteiger partial charge in [-0.3, -0.25) is 14.3 Å². The molecule has 0 radical (unpaired) electrons. The van der Waals surface area contributed by atoms with Crippen molar-refractivity contribution in [2.24, 2.45) is 5.92 Å². The summed E-state index contributed by atoms with van der Waals surface area (Å²) in [7, 11) is 0. The van der Waals surface area contributed by atoms with E-state index in [-0.39, 0.29) is 24.4 Å². The van der Waals surface area contributed by atoms with E-state index in [1.54, 1.807) is 6.07 Å². The smallest absolute Gasteiger partial charge is 0.151 e. The van der Waals surface area contributed by atoms with Crippen LogP contribution in [-0.2, 0) is 0 Å². The molecule has 2 aromatic carbocycles.